The summed E-state index contributed by atoms with van der Waals surface area (Å²) in [4.78, 5) is 11.5. The van der Waals surface area contributed by atoms with Gasteiger partial charge in [-0.25, -0.2) is 4.79 Å². The van der Waals surface area contributed by atoms with Crippen molar-refractivity contribution in [3.05, 3.63) is 52.5 Å². The van der Waals surface area contributed by atoms with Gasteiger partial charge in [0.05, 0.1) is 13.7 Å². The summed E-state index contributed by atoms with van der Waals surface area (Å²) in [5, 5.41) is 3.28. The standard InChI is InChI=1S/C16H19NO3/c1-10-5-6-13(7-11(10)2)17-9-14-8-15(12(3)20-14)16(18)19-4/h5-8,17H,9H2,1-4H3. The number of methoxy groups -OCH3 is 1. The predicted molar refractivity (Wildman–Crippen MR) is 78.0 cm³/mol. The number of hydrogen-bond donors (Lipinski definition) is 1. The molecule has 0 radical (unpaired) electrons. The van der Waals surface area contributed by atoms with Crippen molar-refractivity contribution in [1.82, 2.24) is 0 Å². The van der Waals surface area contributed by atoms with Gasteiger partial charge in [0.1, 0.15) is 17.1 Å². The first-order chi connectivity index (χ1) is 9.51. The summed E-state index contributed by atoms with van der Waals surface area (Å²) in [5.41, 5.74) is 4.00. The molecule has 20 heavy (non-hydrogen) atoms. The van der Waals surface area contributed by atoms with Crippen LogP contribution in [0.3, 0.4) is 0 Å². The zero-order valence-electron chi connectivity index (χ0n) is 12.2. The molecule has 1 aromatic carbocycles. The van der Waals surface area contributed by atoms with Crippen LogP contribution in [0.4, 0.5) is 5.69 Å². The van der Waals surface area contributed by atoms with Crippen LogP contribution in [-0.4, -0.2) is 13.1 Å². The third-order valence-electron chi connectivity index (χ3n) is 3.35. The molecule has 0 aliphatic heterocycles. The van der Waals surface area contributed by atoms with Crippen molar-refractivity contribution in [2.24, 2.45) is 0 Å². The lowest BCUT2D eigenvalue weighted by atomic mass is 10.1. The Morgan fingerprint density at radius 1 is 1.20 bits per heavy atom. The van der Waals surface area contributed by atoms with Gasteiger partial charge < -0.3 is 14.5 Å². The summed E-state index contributed by atoms with van der Waals surface area (Å²) in [5.74, 6) is 0.915. The Balaban J connectivity index is 2.07. The minimum Gasteiger partial charge on any atom is -0.465 e. The molecule has 106 valence electrons. The number of aryl methyl sites for hydroxylation is 3. The first kappa shape index (κ1) is 14.2. The maximum atomic E-state index is 11.5. The number of rotatable bonds is 4. The van der Waals surface area contributed by atoms with Gasteiger partial charge in [-0.3, -0.25) is 0 Å². The number of carbonyl (C=O) groups is 1. The van der Waals surface area contributed by atoms with Crippen LogP contribution in [0.5, 0.6) is 0 Å². The zero-order valence-corrected chi connectivity index (χ0v) is 12.2. The zero-order chi connectivity index (χ0) is 14.7. The number of anilines is 1. The number of hydrogen-bond acceptors (Lipinski definition) is 4. The van der Waals surface area contributed by atoms with E-state index in [-0.39, 0.29) is 5.97 Å². The van der Waals surface area contributed by atoms with E-state index in [1.54, 1.807) is 13.0 Å². The van der Waals surface area contributed by atoms with E-state index in [4.69, 9.17) is 9.15 Å². The summed E-state index contributed by atoms with van der Waals surface area (Å²) in [7, 11) is 1.36. The van der Waals surface area contributed by atoms with Crippen molar-refractivity contribution in [1.29, 1.82) is 0 Å². The van der Waals surface area contributed by atoms with E-state index in [2.05, 4.69) is 31.3 Å². The number of ether oxygens (including phenoxy) is 1. The molecule has 0 atom stereocenters. The Bertz CT molecular complexity index is 629. The fourth-order valence-corrected chi connectivity index (χ4v) is 1.98. The van der Waals surface area contributed by atoms with Crippen molar-refractivity contribution in [3.8, 4) is 0 Å². The van der Waals surface area contributed by atoms with Crippen LogP contribution in [-0.2, 0) is 11.3 Å². The van der Waals surface area contributed by atoms with Gasteiger partial charge in [0.2, 0.25) is 0 Å². The Hall–Kier alpha value is -2.23. The molecule has 0 saturated carbocycles. The highest BCUT2D eigenvalue weighted by Gasteiger charge is 2.15. The van der Waals surface area contributed by atoms with Gasteiger partial charge in [-0.15, -0.1) is 0 Å². The third-order valence-corrected chi connectivity index (χ3v) is 3.35. The number of furan rings is 1. The minimum atomic E-state index is -0.372. The summed E-state index contributed by atoms with van der Waals surface area (Å²) >= 11 is 0. The Kier molecular flexibility index (Phi) is 4.13. The van der Waals surface area contributed by atoms with Gasteiger partial charge in [-0.05, 0) is 50.1 Å². The lowest BCUT2D eigenvalue weighted by Gasteiger charge is -2.07. The fraction of sp³-hybridized carbons (Fsp3) is 0.312. The van der Waals surface area contributed by atoms with Gasteiger partial charge in [0.15, 0.2) is 0 Å². The monoisotopic (exact) mass is 273 g/mol. The summed E-state index contributed by atoms with van der Waals surface area (Å²) in [6, 6.07) is 7.91. The second-order valence-corrected chi connectivity index (χ2v) is 4.83. The highest BCUT2D eigenvalue weighted by atomic mass is 16.5. The van der Waals surface area contributed by atoms with Gasteiger partial charge in [0.25, 0.3) is 0 Å². The quantitative estimate of drug-likeness (QED) is 0.865. The van der Waals surface area contributed by atoms with E-state index in [1.807, 2.05) is 6.07 Å². The van der Waals surface area contributed by atoms with Crippen LogP contribution in [0.25, 0.3) is 0 Å². The van der Waals surface area contributed by atoms with Gasteiger partial charge in [0, 0.05) is 5.69 Å². The van der Waals surface area contributed by atoms with Crippen molar-refractivity contribution in [2.75, 3.05) is 12.4 Å². The number of nitrogens with one attached hydrogen (secondary N) is 1. The number of benzene rings is 1. The van der Waals surface area contributed by atoms with Crippen molar-refractivity contribution < 1.29 is 13.9 Å². The van der Waals surface area contributed by atoms with Crippen LogP contribution in [0, 0.1) is 20.8 Å². The van der Waals surface area contributed by atoms with E-state index in [0.717, 1.165) is 5.69 Å². The Morgan fingerprint density at radius 3 is 2.60 bits per heavy atom. The first-order valence-electron chi connectivity index (χ1n) is 6.50. The Morgan fingerprint density at radius 2 is 1.95 bits per heavy atom. The largest absolute Gasteiger partial charge is 0.465 e. The average Bonchev–Trinajstić information content (AvgIpc) is 2.80. The molecule has 0 unspecified atom stereocenters. The summed E-state index contributed by atoms with van der Waals surface area (Å²) in [6.45, 7) is 6.44. The fourth-order valence-electron chi connectivity index (χ4n) is 1.98. The molecule has 2 rings (SSSR count). The molecular weight excluding hydrogens is 254 g/mol. The molecule has 0 fully saturated rings. The number of carbonyl (C=O) groups excluding carboxylic acids is 1. The van der Waals surface area contributed by atoms with Gasteiger partial charge in [-0.1, -0.05) is 6.07 Å². The minimum absolute atomic E-state index is 0.372. The topological polar surface area (TPSA) is 51.5 Å². The highest BCUT2D eigenvalue weighted by Crippen LogP contribution is 2.18. The maximum absolute atomic E-state index is 11.5. The molecule has 1 heterocycles. The molecule has 0 bridgehead atoms. The van der Waals surface area contributed by atoms with Gasteiger partial charge in [-0.2, -0.15) is 0 Å². The molecule has 0 spiro atoms. The number of esters is 1. The molecule has 4 nitrogen and oxygen atoms in total. The van der Waals surface area contributed by atoms with E-state index < -0.39 is 0 Å². The summed E-state index contributed by atoms with van der Waals surface area (Å²) < 4.78 is 10.3. The second kappa shape index (κ2) is 5.82. The molecule has 2 aromatic rings. The molecule has 0 aliphatic carbocycles. The smallest absolute Gasteiger partial charge is 0.341 e. The molecular formula is C16H19NO3. The van der Waals surface area contributed by atoms with E-state index in [0.29, 0.717) is 23.6 Å². The summed E-state index contributed by atoms with van der Waals surface area (Å²) in [6.07, 6.45) is 0. The maximum Gasteiger partial charge on any atom is 0.341 e. The van der Waals surface area contributed by atoms with Crippen molar-refractivity contribution in [2.45, 2.75) is 27.3 Å². The third kappa shape index (κ3) is 3.02. The molecule has 1 N–H and O–H groups in total. The SMILES string of the molecule is COC(=O)c1cc(CNc2ccc(C)c(C)c2)oc1C. The van der Waals surface area contributed by atoms with Crippen LogP contribution in [0.1, 0.15) is 33.0 Å². The highest BCUT2D eigenvalue weighted by molar-refractivity contribution is 5.90. The molecule has 4 heteroatoms. The van der Waals surface area contributed by atoms with E-state index >= 15 is 0 Å². The van der Waals surface area contributed by atoms with Crippen LogP contribution in [0.2, 0.25) is 0 Å². The molecule has 0 amide bonds. The first-order valence-corrected chi connectivity index (χ1v) is 6.50. The van der Waals surface area contributed by atoms with E-state index in [9.17, 15) is 4.79 Å². The second-order valence-electron chi connectivity index (χ2n) is 4.83. The van der Waals surface area contributed by atoms with E-state index in [1.165, 1.54) is 18.2 Å². The van der Waals surface area contributed by atoms with Gasteiger partial charge >= 0.3 is 5.97 Å². The molecule has 1 aromatic heterocycles. The lowest BCUT2D eigenvalue weighted by molar-refractivity contribution is 0.0599. The van der Waals surface area contributed by atoms with Crippen LogP contribution in [0.15, 0.2) is 28.7 Å². The molecule has 0 saturated heterocycles. The van der Waals surface area contributed by atoms with Crippen molar-refractivity contribution in [3.63, 3.8) is 0 Å². The Labute approximate surface area is 118 Å². The lowest BCUT2D eigenvalue weighted by Crippen LogP contribution is -2.01. The normalized spacial score (nSPS) is 10.4. The average molecular weight is 273 g/mol. The van der Waals surface area contributed by atoms with Crippen LogP contribution >= 0.6 is 0 Å². The van der Waals surface area contributed by atoms with Crippen molar-refractivity contribution >= 4 is 11.7 Å². The molecule has 0 aliphatic rings. The predicted octanol–water partition coefficient (Wildman–Crippen LogP) is 3.60. The van der Waals surface area contributed by atoms with Crippen LogP contribution < -0.4 is 5.32 Å².